The quantitative estimate of drug-likeness (QED) is 0.576. The zero-order chi connectivity index (χ0) is 17.0. The maximum atomic E-state index is 12.4. The molecule has 0 saturated carbocycles. The molecule has 0 saturated heterocycles. The smallest absolute Gasteiger partial charge is 0.326 e. The Labute approximate surface area is 133 Å². The first kappa shape index (κ1) is 17.1. The molecule has 7 heteroatoms. The lowest BCUT2D eigenvalue weighted by Crippen LogP contribution is -2.44. The summed E-state index contributed by atoms with van der Waals surface area (Å²) in [7, 11) is 2.99. The van der Waals surface area contributed by atoms with Crippen molar-refractivity contribution in [3.63, 3.8) is 0 Å². The summed E-state index contributed by atoms with van der Waals surface area (Å²) in [6.07, 6.45) is 0.618. The van der Waals surface area contributed by atoms with E-state index in [9.17, 15) is 19.5 Å². The number of aliphatic carboxylic acids is 1. The SMILES string of the molecule is COC(CCC[C@@H](C(=O)O)N1C(=O)c2ccccc2C1=O)OC. The van der Waals surface area contributed by atoms with Crippen LogP contribution in [0.25, 0.3) is 0 Å². The number of methoxy groups -OCH3 is 2. The topological polar surface area (TPSA) is 93.1 Å². The fourth-order valence-electron chi connectivity index (χ4n) is 2.66. The van der Waals surface area contributed by atoms with Gasteiger partial charge in [0.05, 0.1) is 11.1 Å². The van der Waals surface area contributed by atoms with Crippen LogP contribution in [0.4, 0.5) is 0 Å². The molecule has 23 heavy (non-hydrogen) atoms. The molecule has 1 aliphatic heterocycles. The van der Waals surface area contributed by atoms with E-state index >= 15 is 0 Å². The molecular formula is C16H19NO6. The number of carboxylic acids is 1. The number of fused-ring (bicyclic) bond motifs is 1. The van der Waals surface area contributed by atoms with Gasteiger partial charge in [-0.3, -0.25) is 14.5 Å². The highest BCUT2D eigenvalue weighted by Crippen LogP contribution is 2.26. The fourth-order valence-corrected chi connectivity index (χ4v) is 2.66. The van der Waals surface area contributed by atoms with E-state index in [1.165, 1.54) is 26.4 Å². The largest absolute Gasteiger partial charge is 0.480 e. The third-order valence-electron chi connectivity index (χ3n) is 3.87. The van der Waals surface area contributed by atoms with Crippen molar-refractivity contribution < 1.29 is 29.0 Å². The first-order chi connectivity index (χ1) is 11.0. The number of benzene rings is 1. The normalized spacial score (nSPS) is 15.2. The molecule has 2 rings (SSSR count). The van der Waals surface area contributed by atoms with Gasteiger partial charge in [-0.2, -0.15) is 0 Å². The lowest BCUT2D eigenvalue weighted by molar-refractivity contribution is -0.142. The zero-order valence-corrected chi connectivity index (χ0v) is 13.0. The van der Waals surface area contributed by atoms with Gasteiger partial charge in [-0.25, -0.2) is 4.79 Å². The molecule has 0 unspecified atom stereocenters. The van der Waals surface area contributed by atoms with E-state index in [4.69, 9.17) is 9.47 Å². The summed E-state index contributed by atoms with van der Waals surface area (Å²) in [5.41, 5.74) is 0.491. The van der Waals surface area contributed by atoms with Crippen LogP contribution >= 0.6 is 0 Å². The second-order valence-electron chi connectivity index (χ2n) is 5.21. The molecule has 1 heterocycles. The summed E-state index contributed by atoms with van der Waals surface area (Å²) in [5.74, 6) is -2.33. The Morgan fingerprint density at radius 3 is 2.04 bits per heavy atom. The van der Waals surface area contributed by atoms with Crippen LogP contribution in [-0.4, -0.2) is 54.3 Å². The molecule has 1 aliphatic rings. The minimum atomic E-state index is -1.20. The second-order valence-corrected chi connectivity index (χ2v) is 5.21. The van der Waals surface area contributed by atoms with Gasteiger partial charge >= 0.3 is 5.97 Å². The Hall–Kier alpha value is -2.25. The maximum Gasteiger partial charge on any atom is 0.326 e. The van der Waals surface area contributed by atoms with Crippen LogP contribution in [0.5, 0.6) is 0 Å². The number of hydrogen-bond donors (Lipinski definition) is 1. The number of amides is 2. The average molecular weight is 321 g/mol. The average Bonchev–Trinajstić information content (AvgIpc) is 2.80. The summed E-state index contributed by atoms with van der Waals surface area (Å²) in [6.45, 7) is 0. The van der Waals surface area contributed by atoms with Crippen LogP contribution in [0.15, 0.2) is 24.3 Å². The van der Waals surface area contributed by atoms with Crippen LogP contribution in [0.3, 0.4) is 0 Å². The van der Waals surface area contributed by atoms with E-state index in [-0.39, 0.29) is 17.5 Å². The molecule has 1 N–H and O–H groups in total. The van der Waals surface area contributed by atoms with Crippen LogP contribution in [0.2, 0.25) is 0 Å². The Morgan fingerprint density at radius 2 is 1.61 bits per heavy atom. The molecule has 1 aromatic carbocycles. The number of carbonyl (C=O) groups excluding carboxylic acids is 2. The molecule has 0 spiro atoms. The van der Waals surface area contributed by atoms with Gasteiger partial charge in [-0.1, -0.05) is 12.1 Å². The number of ether oxygens (including phenoxy) is 2. The molecule has 7 nitrogen and oxygen atoms in total. The van der Waals surface area contributed by atoms with Crippen molar-refractivity contribution in [2.75, 3.05) is 14.2 Å². The third-order valence-corrected chi connectivity index (χ3v) is 3.87. The number of rotatable bonds is 8. The summed E-state index contributed by atoms with van der Waals surface area (Å²) in [5, 5.41) is 9.42. The van der Waals surface area contributed by atoms with E-state index in [0.29, 0.717) is 12.8 Å². The first-order valence-corrected chi connectivity index (χ1v) is 7.26. The van der Waals surface area contributed by atoms with Crippen molar-refractivity contribution in [2.24, 2.45) is 0 Å². The molecule has 0 bridgehead atoms. The zero-order valence-electron chi connectivity index (χ0n) is 13.0. The van der Waals surface area contributed by atoms with E-state index in [2.05, 4.69) is 0 Å². The molecule has 1 atom stereocenters. The maximum absolute atomic E-state index is 12.4. The lowest BCUT2D eigenvalue weighted by Gasteiger charge is -2.23. The standard InChI is InChI=1S/C16H19NO6/c1-22-13(23-2)9-5-8-12(16(20)21)17-14(18)10-6-3-4-7-11(10)15(17)19/h3-4,6-7,12-13H,5,8-9H2,1-2H3,(H,20,21)/t12-/m0/s1. The Balaban J connectivity index is 2.12. The molecule has 0 radical (unpaired) electrons. The number of nitrogens with zero attached hydrogens (tertiary/aromatic N) is 1. The second kappa shape index (κ2) is 7.34. The van der Waals surface area contributed by atoms with Crippen LogP contribution < -0.4 is 0 Å². The molecule has 1 aromatic rings. The summed E-state index contributed by atoms with van der Waals surface area (Å²) < 4.78 is 10.1. The van der Waals surface area contributed by atoms with Gasteiger partial charge < -0.3 is 14.6 Å². The van der Waals surface area contributed by atoms with Gasteiger partial charge in [-0.15, -0.1) is 0 Å². The van der Waals surface area contributed by atoms with Gasteiger partial charge in [0.25, 0.3) is 11.8 Å². The molecular weight excluding hydrogens is 302 g/mol. The monoisotopic (exact) mass is 321 g/mol. The Morgan fingerprint density at radius 1 is 1.09 bits per heavy atom. The fraction of sp³-hybridized carbons (Fsp3) is 0.438. The Bertz CT molecular complexity index is 575. The van der Waals surface area contributed by atoms with Gasteiger partial charge in [0, 0.05) is 14.2 Å². The van der Waals surface area contributed by atoms with Crippen LogP contribution in [-0.2, 0) is 14.3 Å². The number of imide groups is 1. The predicted molar refractivity (Wildman–Crippen MR) is 80.0 cm³/mol. The van der Waals surface area contributed by atoms with Gasteiger partial charge in [-0.05, 0) is 31.4 Å². The van der Waals surface area contributed by atoms with Gasteiger partial charge in [0.1, 0.15) is 6.04 Å². The van der Waals surface area contributed by atoms with E-state index in [0.717, 1.165) is 4.90 Å². The number of hydrogen-bond acceptors (Lipinski definition) is 5. The minimum absolute atomic E-state index is 0.143. The minimum Gasteiger partial charge on any atom is -0.480 e. The van der Waals surface area contributed by atoms with Crippen molar-refractivity contribution in [1.82, 2.24) is 4.90 Å². The van der Waals surface area contributed by atoms with Crippen LogP contribution in [0, 0.1) is 0 Å². The third kappa shape index (κ3) is 3.40. The number of carboxylic acid groups (broad SMARTS) is 1. The Kier molecular flexibility index (Phi) is 5.46. The van der Waals surface area contributed by atoms with Crippen molar-refractivity contribution >= 4 is 17.8 Å². The van der Waals surface area contributed by atoms with Crippen LogP contribution in [0.1, 0.15) is 40.0 Å². The van der Waals surface area contributed by atoms with Crippen molar-refractivity contribution in [2.45, 2.75) is 31.6 Å². The first-order valence-electron chi connectivity index (χ1n) is 7.26. The van der Waals surface area contributed by atoms with Crippen molar-refractivity contribution in [3.8, 4) is 0 Å². The number of carbonyl (C=O) groups is 3. The molecule has 0 aliphatic carbocycles. The molecule has 0 fully saturated rings. The van der Waals surface area contributed by atoms with Crippen molar-refractivity contribution in [3.05, 3.63) is 35.4 Å². The highest BCUT2D eigenvalue weighted by atomic mass is 16.7. The van der Waals surface area contributed by atoms with Gasteiger partial charge in [0.15, 0.2) is 6.29 Å². The highest BCUT2D eigenvalue weighted by molar-refractivity contribution is 6.22. The summed E-state index contributed by atoms with van der Waals surface area (Å²) in [4.78, 5) is 37.1. The molecule has 124 valence electrons. The van der Waals surface area contributed by atoms with E-state index in [1.807, 2.05) is 0 Å². The summed E-state index contributed by atoms with van der Waals surface area (Å²) in [6, 6.07) is 5.15. The van der Waals surface area contributed by atoms with Gasteiger partial charge in [0.2, 0.25) is 0 Å². The van der Waals surface area contributed by atoms with E-state index < -0.39 is 30.1 Å². The van der Waals surface area contributed by atoms with Crippen molar-refractivity contribution in [1.29, 1.82) is 0 Å². The highest BCUT2D eigenvalue weighted by Gasteiger charge is 2.42. The van der Waals surface area contributed by atoms with E-state index in [1.54, 1.807) is 12.1 Å². The summed E-state index contributed by atoms with van der Waals surface area (Å²) >= 11 is 0. The molecule has 2 amide bonds. The molecule has 0 aromatic heterocycles. The predicted octanol–water partition coefficient (Wildman–Crippen LogP) is 1.52. The lowest BCUT2D eigenvalue weighted by atomic mass is 10.1.